The van der Waals surface area contributed by atoms with E-state index in [1.807, 2.05) is 18.2 Å². The van der Waals surface area contributed by atoms with Crippen LogP contribution in [0.25, 0.3) is 10.9 Å². The summed E-state index contributed by atoms with van der Waals surface area (Å²) >= 11 is 0. The van der Waals surface area contributed by atoms with Gasteiger partial charge in [-0.25, -0.2) is 4.98 Å². The summed E-state index contributed by atoms with van der Waals surface area (Å²) in [5, 5.41) is 3.94. The lowest BCUT2D eigenvalue weighted by Crippen LogP contribution is -2.55. The van der Waals surface area contributed by atoms with Gasteiger partial charge in [-0.15, -0.1) is 0 Å². The number of rotatable bonds is 6. The van der Waals surface area contributed by atoms with E-state index < -0.39 is 0 Å². The fraction of sp³-hybridized carbons (Fsp3) is 0.625. The van der Waals surface area contributed by atoms with Gasteiger partial charge in [0, 0.05) is 18.9 Å². The van der Waals surface area contributed by atoms with Crippen LogP contribution >= 0.6 is 0 Å². The smallest absolute Gasteiger partial charge is 0.258 e. The molecule has 4 saturated carbocycles. The Balaban J connectivity index is 1.16. The Labute approximate surface area is 171 Å². The second-order valence-electron chi connectivity index (χ2n) is 9.95. The number of para-hydroxylation sites is 1. The molecule has 5 heteroatoms. The van der Waals surface area contributed by atoms with Gasteiger partial charge in [-0.1, -0.05) is 12.1 Å². The molecule has 4 aliphatic carbocycles. The molecule has 5 nitrogen and oxygen atoms in total. The van der Waals surface area contributed by atoms with Crippen LogP contribution in [0.4, 0.5) is 0 Å². The summed E-state index contributed by atoms with van der Waals surface area (Å²) in [5.41, 5.74) is 0.951. The maximum Gasteiger partial charge on any atom is 0.258 e. The zero-order valence-electron chi connectivity index (χ0n) is 17.2. The highest BCUT2D eigenvalue weighted by molar-refractivity contribution is 5.77. The maximum absolute atomic E-state index is 12.6. The number of nitrogens with zero attached hydrogens (tertiary/aromatic N) is 1. The van der Waals surface area contributed by atoms with Crippen molar-refractivity contribution in [2.45, 2.75) is 70.8 Å². The molecule has 29 heavy (non-hydrogen) atoms. The molecular weight excluding hydrogens is 362 g/mol. The van der Waals surface area contributed by atoms with Gasteiger partial charge in [0.25, 0.3) is 5.56 Å². The fourth-order valence-corrected chi connectivity index (χ4v) is 6.84. The van der Waals surface area contributed by atoms with Crippen LogP contribution < -0.4 is 10.9 Å². The van der Waals surface area contributed by atoms with E-state index in [0.717, 1.165) is 17.8 Å². The van der Waals surface area contributed by atoms with Gasteiger partial charge < -0.3 is 10.3 Å². The van der Waals surface area contributed by atoms with Gasteiger partial charge in [-0.2, -0.15) is 0 Å². The first kappa shape index (κ1) is 18.8. The van der Waals surface area contributed by atoms with E-state index in [9.17, 15) is 9.59 Å². The number of aromatic amines is 1. The monoisotopic (exact) mass is 393 g/mol. The minimum Gasteiger partial charge on any atom is -0.353 e. The maximum atomic E-state index is 12.6. The van der Waals surface area contributed by atoms with Crippen LogP contribution in [0.5, 0.6) is 0 Å². The Hall–Kier alpha value is -2.17. The van der Waals surface area contributed by atoms with E-state index in [2.05, 4.69) is 22.2 Å². The Morgan fingerprint density at radius 2 is 1.83 bits per heavy atom. The first-order valence-electron chi connectivity index (χ1n) is 11.3. The van der Waals surface area contributed by atoms with Crippen LogP contribution in [0.1, 0.15) is 64.1 Å². The number of hydrogen-bond acceptors (Lipinski definition) is 3. The second kappa shape index (κ2) is 7.26. The number of carbonyl (C=O) groups excluding carboxylic acids is 1. The van der Waals surface area contributed by atoms with Crippen molar-refractivity contribution in [1.29, 1.82) is 0 Å². The summed E-state index contributed by atoms with van der Waals surface area (Å²) in [6.45, 7) is 2.23. The fourth-order valence-electron chi connectivity index (χ4n) is 6.84. The van der Waals surface area contributed by atoms with Crippen molar-refractivity contribution in [3.63, 3.8) is 0 Å². The van der Waals surface area contributed by atoms with Crippen LogP contribution in [-0.2, 0) is 11.2 Å². The lowest BCUT2D eigenvalue weighted by molar-refractivity contribution is -0.126. The van der Waals surface area contributed by atoms with Gasteiger partial charge in [0.1, 0.15) is 5.82 Å². The van der Waals surface area contributed by atoms with Gasteiger partial charge >= 0.3 is 0 Å². The predicted octanol–water partition coefficient (Wildman–Crippen LogP) is 3.97. The SMILES string of the molecule is CC(NC(=O)CCCc1nc2ccccc2c(=O)[nH]1)C12CC3CC(CC(C3)C1)C2. The summed E-state index contributed by atoms with van der Waals surface area (Å²) < 4.78 is 0. The van der Waals surface area contributed by atoms with Crippen molar-refractivity contribution >= 4 is 16.8 Å². The molecule has 1 aromatic carbocycles. The quantitative estimate of drug-likeness (QED) is 0.780. The van der Waals surface area contributed by atoms with Crippen molar-refractivity contribution < 1.29 is 4.79 Å². The van der Waals surface area contributed by atoms with Crippen LogP contribution in [0, 0.1) is 23.2 Å². The summed E-state index contributed by atoms with van der Waals surface area (Å²) in [7, 11) is 0. The van der Waals surface area contributed by atoms with Gasteiger partial charge in [0.05, 0.1) is 10.9 Å². The van der Waals surface area contributed by atoms with Crippen molar-refractivity contribution in [3.05, 3.63) is 40.4 Å². The lowest BCUT2D eigenvalue weighted by atomic mass is 9.48. The average molecular weight is 394 g/mol. The number of fused-ring (bicyclic) bond motifs is 1. The normalized spacial score (nSPS) is 31.1. The molecule has 6 rings (SSSR count). The molecule has 1 heterocycles. The number of carbonyl (C=O) groups is 1. The van der Waals surface area contributed by atoms with Gasteiger partial charge in [0.15, 0.2) is 0 Å². The lowest BCUT2D eigenvalue weighted by Gasteiger charge is -2.59. The molecule has 0 spiro atoms. The molecule has 1 unspecified atom stereocenters. The highest BCUT2D eigenvalue weighted by Gasteiger charge is 2.53. The number of H-pyrrole nitrogens is 1. The summed E-state index contributed by atoms with van der Waals surface area (Å²) in [4.78, 5) is 32.2. The van der Waals surface area contributed by atoms with Gasteiger partial charge in [0.2, 0.25) is 5.91 Å². The first-order valence-corrected chi connectivity index (χ1v) is 11.3. The van der Waals surface area contributed by atoms with E-state index in [0.29, 0.717) is 41.4 Å². The molecule has 1 atom stereocenters. The molecule has 0 aliphatic heterocycles. The largest absolute Gasteiger partial charge is 0.353 e. The zero-order valence-corrected chi connectivity index (χ0v) is 17.2. The van der Waals surface area contributed by atoms with Crippen LogP contribution in [0.3, 0.4) is 0 Å². The Kier molecular flexibility index (Phi) is 4.72. The highest BCUT2D eigenvalue weighted by Crippen LogP contribution is 2.61. The standard InChI is InChI=1S/C24H31N3O2/c1-15(24-12-16-9-17(13-24)11-18(10-16)14-24)25-22(28)8-4-7-21-26-20-6-3-2-5-19(20)23(29)27-21/h2-3,5-6,15-18H,4,7-14H2,1H3,(H,25,28)(H,26,27,29). The van der Waals surface area contributed by atoms with Crippen molar-refractivity contribution in [3.8, 4) is 0 Å². The average Bonchev–Trinajstić information content (AvgIpc) is 2.67. The molecule has 1 aromatic heterocycles. The number of hydrogen-bond donors (Lipinski definition) is 2. The van der Waals surface area contributed by atoms with Crippen LogP contribution in [-0.4, -0.2) is 21.9 Å². The number of aromatic nitrogens is 2. The van der Waals surface area contributed by atoms with Gasteiger partial charge in [-0.3, -0.25) is 9.59 Å². The number of aryl methyl sites for hydroxylation is 1. The molecule has 154 valence electrons. The van der Waals surface area contributed by atoms with Crippen molar-refractivity contribution in [1.82, 2.24) is 15.3 Å². The molecule has 4 aliphatic rings. The predicted molar refractivity (Wildman–Crippen MR) is 114 cm³/mol. The third kappa shape index (κ3) is 3.60. The van der Waals surface area contributed by atoms with E-state index in [4.69, 9.17) is 0 Å². The molecular formula is C24H31N3O2. The number of nitrogens with one attached hydrogen (secondary N) is 2. The molecule has 1 amide bonds. The highest BCUT2D eigenvalue weighted by atomic mass is 16.1. The molecule has 2 N–H and O–H groups in total. The van der Waals surface area contributed by atoms with Crippen molar-refractivity contribution in [2.24, 2.45) is 23.2 Å². The third-order valence-electron chi connectivity index (χ3n) is 7.86. The van der Waals surface area contributed by atoms with Crippen LogP contribution in [0.2, 0.25) is 0 Å². The van der Waals surface area contributed by atoms with Crippen molar-refractivity contribution in [2.75, 3.05) is 0 Å². The Morgan fingerprint density at radius 1 is 1.17 bits per heavy atom. The summed E-state index contributed by atoms with van der Waals surface area (Å²) in [6.07, 6.45) is 9.99. The minimum atomic E-state index is -0.106. The number of amides is 1. The molecule has 0 radical (unpaired) electrons. The summed E-state index contributed by atoms with van der Waals surface area (Å²) in [5.74, 6) is 3.50. The van der Waals surface area contributed by atoms with E-state index in [1.54, 1.807) is 6.07 Å². The van der Waals surface area contributed by atoms with E-state index >= 15 is 0 Å². The molecule has 2 aromatic rings. The third-order valence-corrected chi connectivity index (χ3v) is 7.86. The van der Waals surface area contributed by atoms with Crippen LogP contribution in [0.15, 0.2) is 29.1 Å². The molecule has 4 bridgehead atoms. The molecule has 0 saturated heterocycles. The van der Waals surface area contributed by atoms with Gasteiger partial charge in [-0.05, 0) is 87.2 Å². The van der Waals surface area contributed by atoms with E-state index in [1.165, 1.54) is 38.5 Å². The minimum absolute atomic E-state index is 0.106. The molecule has 4 fully saturated rings. The zero-order chi connectivity index (χ0) is 20.0. The first-order chi connectivity index (χ1) is 14.0. The second-order valence-corrected chi connectivity index (χ2v) is 9.95. The Morgan fingerprint density at radius 3 is 2.52 bits per heavy atom. The summed E-state index contributed by atoms with van der Waals surface area (Å²) in [6, 6.07) is 7.63. The van der Waals surface area contributed by atoms with E-state index in [-0.39, 0.29) is 17.5 Å². The Bertz CT molecular complexity index is 944. The topological polar surface area (TPSA) is 74.8 Å². The number of benzene rings is 1.